The van der Waals surface area contributed by atoms with Crippen molar-refractivity contribution in [2.24, 2.45) is 0 Å². The Bertz CT molecular complexity index is 711. The molecule has 1 saturated heterocycles. The molecule has 1 aliphatic heterocycles. The predicted molar refractivity (Wildman–Crippen MR) is 103 cm³/mol. The van der Waals surface area contributed by atoms with Crippen LogP contribution in [-0.2, 0) is 6.54 Å². The Labute approximate surface area is 150 Å². The van der Waals surface area contributed by atoms with Crippen LogP contribution in [-0.4, -0.2) is 37.1 Å². The van der Waals surface area contributed by atoms with Gasteiger partial charge in [0.2, 0.25) is 0 Å². The van der Waals surface area contributed by atoms with Gasteiger partial charge in [0.15, 0.2) is 0 Å². The molecule has 25 heavy (non-hydrogen) atoms. The number of hydrogen-bond acceptors (Lipinski definition) is 2. The lowest BCUT2D eigenvalue weighted by atomic mass is 10.1. The number of urea groups is 1. The number of aryl methyl sites for hydroxylation is 3. The normalized spacial score (nSPS) is 14.5. The Hall–Kier alpha value is -2.49. The van der Waals surface area contributed by atoms with Crippen molar-refractivity contribution in [3.63, 3.8) is 0 Å². The van der Waals surface area contributed by atoms with E-state index in [0.29, 0.717) is 6.54 Å². The van der Waals surface area contributed by atoms with Crippen molar-refractivity contribution in [2.75, 3.05) is 31.1 Å². The number of rotatable bonds is 3. The molecule has 1 aliphatic rings. The van der Waals surface area contributed by atoms with E-state index in [9.17, 15) is 4.79 Å². The summed E-state index contributed by atoms with van der Waals surface area (Å²) in [6, 6.07) is 14.7. The van der Waals surface area contributed by atoms with E-state index in [1.165, 1.54) is 22.4 Å². The van der Waals surface area contributed by atoms with Crippen LogP contribution in [0.5, 0.6) is 0 Å². The first-order chi connectivity index (χ1) is 12.0. The molecule has 2 aromatic rings. The Morgan fingerprint density at radius 2 is 1.52 bits per heavy atom. The largest absolute Gasteiger partial charge is 0.368 e. The van der Waals surface area contributed by atoms with Gasteiger partial charge in [-0.25, -0.2) is 4.79 Å². The maximum atomic E-state index is 12.4. The summed E-state index contributed by atoms with van der Waals surface area (Å²) in [7, 11) is 0. The molecule has 0 saturated carbocycles. The maximum absolute atomic E-state index is 12.4. The Balaban J connectivity index is 1.53. The molecule has 0 bridgehead atoms. The van der Waals surface area contributed by atoms with Gasteiger partial charge in [0.25, 0.3) is 0 Å². The third kappa shape index (κ3) is 4.13. The SMILES string of the molecule is Cc1ccc(CNC(=O)N2CCN(c3c(C)cccc3C)CC2)cc1. The fourth-order valence-electron chi connectivity index (χ4n) is 3.43. The number of nitrogens with one attached hydrogen (secondary N) is 1. The van der Waals surface area contributed by atoms with E-state index in [0.717, 1.165) is 31.7 Å². The van der Waals surface area contributed by atoms with Crippen molar-refractivity contribution in [3.05, 3.63) is 64.7 Å². The first-order valence-electron chi connectivity index (χ1n) is 8.94. The standard InChI is InChI=1S/C21H27N3O/c1-16-7-9-19(10-8-16)15-22-21(25)24-13-11-23(12-14-24)20-17(2)5-4-6-18(20)3/h4-10H,11-15H2,1-3H3,(H,22,25). The van der Waals surface area contributed by atoms with Crippen LogP contribution in [0.4, 0.5) is 10.5 Å². The number of amides is 2. The summed E-state index contributed by atoms with van der Waals surface area (Å²) < 4.78 is 0. The predicted octanol–water partition coefficient (Wildman–Crippen LogP) is 3.64. The van der Waals surface area contributed by atoms with Crippen molar-refractivity contribution in [3.8, 4) is 0 Å². The Kier molecular flexibility index (Phi) is 5.27. The molecule has 4 nitrogen and oxygen atoms in total. The zero-order valence-corrected chi connectivity index (χ0v) is 15.4. The molecule has 0 atom stereocenters. The number of nitrogens with zero attached hydrogens (tertiary/aromatic N) is 2. The van der Waals surface area contributed by atoms with Crippen LogP contribution in [0.2, 0.25) is 0 Å². The maximum Gasteiger partial charge on any atom is 0.317 e. The van der Waals surface area contributed by atoms with E-state index in [4.69, 9.17) is 0 Å². The molecule has 1 fully saturated rings. The van der Waals surface area contributed by atoms with Gasteiger partial charge in [-0.15, -0.1) is 0 Å². The summed E-state index contributed by atoms with van der Waals surface area (Å²) in [6.45, 7) is 10.2. The summed E-state index contributed by atoms with van der Waals surface area (Å²) in [4.78, 5) is 16.7. The number of benzene rings is 2. The zero-order chi connectivity index (χ0) is 17.8. The fraction of sp³-hybridized carbons (Fsp3) is 0.381. The van der Waals surface area contributed by atoms with Gasteiger partial charge in [-0.3, -0.25) is 0 Å². The van der Waals surface area contributed by atoms with E-state index in [1.807, 2.05) is 4.90 Å². The summed E-state index contributed by atoms with van der Waals surface area (Å²) in [5.41, 5.74) is 6.29. The van der Waals surface area contributed by atoms with Crippen molar-refractivity contribution in [1.82, 2.24) is 10.2 Å². The summed E-state index contributed by atoms with van der Waals surface area (Å²) in [5.74, 6) is 0. The van der Waals surface area contributed by atoms with E-state index in [1.54, 1.807) is 0 Å². The topological polar surface area (TPSA) is 35.6 Å². The number of carbonyl (C=O) groups excluding carboxylic acids is 1. The average molecular weight is 337 g/mol. The van der Waals surface area contributed by atoms with Crippen LogP contribution >= 0.6 is 0 Å². The van der Waals surface area contributed by atoms with Crippen LogP contribution in [0.25, 0.3) is 0 Å². The van der Waals surface area contributed by atoms with Crippen LogP contribution < -0.4 is 10.2 Å². The lowest BCUT2D eigenvalue weighted by Crippen LogP contribution is -2.52. The van der Waals surface area contributed by atoms with Gasteiger partial charge in [0.05, 0.1) is 0 Å². The van der Waals surface area contributed by atoms with E-state index in [-0.39, 0.29) is 6.03 Å². The summed E-state index contributed by atoms with van der Waals surface area (Å²) in [5, 5.41) is 3.03. The van der Waals surface area contributed by atoms with Crippen molar-refractivity contribution in [1.29, 1.82) is 0 Å². The molecular formula is C21H27N3O. The molecule has 3 rings (SSSR count). The highest BCUT2D eigenvalue weighted by atomic mass is 16.2. The highest BCUT2D eigenvalue weighted by Gasteiger charge is 2.22. The monoisotopic (exact) mass is 337 g/mol. The highest BCUT2D eigenvalue weighted by molar-refractivity contribution is 5.74. The van der Waals surface area contributed by atoms with Crippen LogP contribution in [0.15, 0.2) is 42.5 Å². The van der Waals surface area contributed by atoms with Gasteiger partial charge in [-0.05, 0) is 37.5 Å². The Morgan fingerprint density at radius 3 is 2.12 bits per heavy atom. The van der Waals surface area contributed by atoms with Gasteiger partial charge >= 0.3 is 6.03 Å². The quantitative estimate of drug-likeness (QED) is 0.928. The van der Waals surface area contributed by atoms with Gasteiger partial charge in [0, 0.05) is 38.4 Å². The molecule has 1 heterocycles. The number of para-hydroxylation sites is 1. The first-order valence-corrected chi connectivity index (χ1v) is 8.94. The van der Waals surface area contributed by atoms with Crippen LogP contribution in [0.1, 0.15) is 22.3 Å². The van der Waals surface area contributed by atoms with Crippen molar-refractivity contribution >= 4 is 11.7 Å². The second-order valence-electron chi connectivity index (χ2n) is 6.86. The summed E-state index contributed by atoms with van der Waals surface area (Å²) >= 11 is 0. The van der Waals surface area contributed by atoms with Gasteiger partial charge in [-0.2, -0.15) is 0 Å². The highest BCUT2D eigenvalue weighted by Crippen LogP contribution is 2.25. The molecule has 0 aliphatic carbocycles. The van der Waals surface area contributed by atoms with Crippen molar-refractivity contribution < 1.29 is 4.79 Å². The molecule has 0 unspecified atom stereocenters. The first kappa shape index (κ1) is 17.3. The molecule has 2 amide bonds. The van der Waals surface area contributed by atoms with Gasteiger partial charge in [0.1, 0.15) is 0 Å². The minimum absolute atomic E-state index is 0.0294. The third-order valence-electron chi connectivity index (χ3n) is 4.89. The Morgan fingerprint density at radius 1 is 0.920 bits per heavy atom. The zero-order valence-electron chi connectivity index (χ0n) is 15.4. The molecule has 4 heteroatoms. The minimum atomic E-state index is 0.0294. The third-order valence-corrected chi connectivity index (χ3v) is 4.89. The fourth-order valence-corrected chi connectivity index (χ4v) is 3.43. The molecule has 0 spiro atoms. The second kappa shape index (κ2) is 7.60. The number of carbonyl (C=O) groups is 1. The lowest BCUT2D eigenvalue weighted by molar-refractivity contribution is 0.194. The van der Waals surface area contributed by atoms with Crippen LogP contribution in [0, 0.1) is 20.8 Å². The average Bonchev–Trinajstić information content (AvgIpc) is 2.61. The molecule has 0 radical (unpaired) electrons. The molecule has 132 valence electrons. The summed E-state index contributed by atoms with van der Waals surface area (Å²) in [6.07, 6.45) is 0. The number of anilines is 1. The van der Waals surface area contributed by atoms with Gasteiger partial charge in [-0.1, -0.05) is 48.0 Å². The number of hydrogen-bond donors (Lipinski definition) is 1. The minimum Gasteiger partial charge on any atom is -0.368 e. The number of piperazine rings is 1. The van der Waals surface area contributed by atoms with E-state index in [2.05, 4.69) is 73.5 Å². The molecule has 2 aromatic carbocycles. The van der Waals surface area contributed by atoms with Crippen LogP contribution in [0.3, 0.4) is 0 Å². The second-order valence-corrected chi connectivity index (χ2v) is 6.86. The molecule has 1 N–H and O–H groups in total. The smallest absolute Gasteiger partial charge is 0.317 e. The van der Waals surface area contributed by atoms with Gasteiger partial charge < -0.3 is 15.1 Å². The van der Waals surface area contributed by atoms with Crippen molar-refractivity contribution in [2.45, 2.75) is 27.3 Å². The lowest BCUT2D eigenvalue weighted by Gasteiger charge is -2.37. The molecular weight excluding hydrogens is 310 g/mol. The van der Waals surface area contributed by atoms with E-state index >= 15 is 0 Å². The molecule has 0 aromatic heterocycles. The van der Waals surface area contributed by atoms with E-state index < -0.39 is 0 Å².